The van der Waals surface area contributed by atoms with Gasteiger partial charge in [0, 0.05) is 12.6 Å². The SMILES string of the molecule is CC1(C)CCCNC1CNS(=O)(=O)c1ccc(F)cc1Cl. The van der Waals surface area contributed by atoms with Gasteiger partial charge in [-0.2, -0.15) is 0 Å². The zero-order chi connectivity index (χ0) is 15.7. The van der Waals surface area contributed by atoms with Crippen molar-refractivity contribution in [2.45, 2.75) is 37.6 Å². The van der Waals surface area contributed by atoms with Gasteiger partial charge in [0.25, 0.3) is 0 Å². The van der Waals surface area contributed by atoms with Crippen molar-refractivity contribution in [1.82, 2.24) is 10.0 Å². The molecule has 1 unspecified atom stereocenters. The van der Waals surface area contributed by atoms with Gasteiger partial charge in [0.1, 0.15) is 10.7 Å². The Morgan fingerprint density at radius 3 is 2.81 bits per heavy atom. The molecule has 0 saturated carbocycles. The lowest BCUT2D eigenvalue weighted by molar-refractivity contribution is 0.181. The second-order valence-electron chi connectivity index (χ2n) is 6.03. The summed E-state index contributed by atoms with van der Waals surface area (Å²) in [4.78, 5) is -0.0980. The van der Waals surface area contributed by atoms with Gasteiger partial charge in [-0.05, 0) is 43.0 Å². The van der Waals surface area contributed by atoms with Crippen molar-refractivity contribution < 1.29 is 12.8 Å². The van der Waals surface area contributed by atoms with Crippen LogP contribution in [0.2, 0.25) is 5.02 Å². The highest BCUT2D eigenvalue weighted by molar-refractivity contribution is 7.89. The van der Waals surface area contributed by atoms with E-state index < -0.39 is 15.8 Å². The van der Waals surface area contributed by atoms with Crippen LogP contribution in [0.3, 0.4) is 0 Å². The predicted octanol–water partition coefficient (Wildman–Crippen LogP) is 2.54. The fourth-order valence-electron chi connectivity index (χ4n) is 2.58. The Bertz CT molecular complexity index is 619. The summed E-state index contributed by atoms with van der Waals surface area (Å²) >= 11 is 5.82. The van der Waals surface area contributed by atoms with Crippen LogP contribution in [0.1, 0.15) is 26.7 Å². The first-order valence-corrected chi connectivity index (χ1v) is 8.76. The van der Waals surface area contributed by atoms with E-state index in [-0.39, 0.29) is 27.9 Å². The first-order chi connectivity index (χ1) is 9.72. The number of hydrogen-bond acceptors (Lipinski definition) is 3. The fourth-order valence-corrected chi connectivity index (χ4v) is 4.16. The molecule has 118 valence electrons. The lowest BCUT2D eigenvalue weighted by Crippen LogP contribution is -2.52. The molecule has 7 heteroatoms. The van der Waals surface area contributed by atoms with E-state index in [1.807, 2.05) is 0 Å². The summed E-state index contributed by atoms with van der Waals surface area (Å²) in [7, 11) is -3.75. The molecule has 1 aromatic carbocycles. The van der Waals surface area contributed by atoms with E-state index in [9.17, 15) is 12.8 Å². The number of hydrogen-bond donors (Lipinski definition) is 2. The van der Waals surface area contributed by atoms with Crippen molar-refractivity contribution in [2.75, 3.05) is 13.1 Å². The van der Waals surface area contributed by atoms with Crippen LogP contribution in [0.15, 0.2) is 23.1 Å². The van der Waals surface area contributed by atoms with Crippen LogP contribution >= 0.6 is 11.6 Å². The monoisotopic (exact) mass is 334 g/mol. The maximum absolute atomic E-state index is 13.0. The zero-order valence-electron chi connectivity index (χ0n) is 12.1. The standard InChI is InChI=1S/C14H20ClFN2O2S/c1-14(2)6-3-7-17-13(14)9-18-21(19,20)12-5-4-10(16)8-11(12)15/h4-5,8,13,17-18H,3,6-7,9H2,1-2H3. The minimum atomic E-state index is -3.75. The molecule has 1 heterocycles. The lowest BCUT2D eigenvalue weighted by Gasteiger charge is -2.39. The topological polar surface area (TPSA) is 58.2 Å². The summed E-state index contributed by atoms with van der Waals surface area (Å²) in [5.74, 6) is -0.561. The highest BCUT2D eigenvalue weighted by atomic mass is 35.5. The highest BCUT2D eigenvalue weighted by Gasteiger charge is 2.33. The number of halogens is 2. The van der Waals surface area contributed by atoms with Gasteiger partial charge in [-0.25, -0.2) is 17.5 Å². The number of nitrogens with one attached hydrogen (secondary N) is 2. The first kappa shape index (κ1) is 16.7. The average molecular weight is 335 g/mol. The zero-order valence-corrected chi connectivity index (χ0v) is 13.7. The molecule has 0 bridgehead atoms. The minimum Gasteiger partial charge on any atom is -0.312 e. The molecule has 1 aliphatic rings. The van der Waals surface area contributed by atoms with Gasteiger partial charge in [0.2, 0.25) is 10.0 Å². The Morgan fingerprint density at radius 2 is 2.19 bits per heavy atom. The Hall–Kier alpha value is -0.690. The van der Waals surface area contributed by atoms with E-state index in [0.717, 1.165) is 31.5 Å². The normalized spacial score (nSPS) is 22.2. The summed E-state index contributed by atoms with van der Waals surface area (Å²) in [6, 6.07) is 3.32. The summed E-state index contributed by atoms with van der Waals surface area (Å²) in [5, 5.41) is 3.22. The fraction of sp³-hybridized carbons (Fsp3) is 0.571. The second kappa shape index (κ2) is 6.20. The third kappa shape index (κ3) is 3.94. The van der Waals surface area contributed by atoms with Crippen LogP contribution in [0, 0.1) is 11.2 Å². The number of sulfonamides is 1. The lowest BCUT2D eigenvalue weighted by atomic mass is 9.78. The Morgan fingerprint density at radius 1 is 1.48 bits per heavy atom. The minimum absolute atomic E-state index is 0.0212. The molecule has 1 atom stereocenters. The van der Waals surface area contributed by atoms with Gasteiger partial charge >= 0.3 is 0 Å². The average Bonchev–Trinajstić information content (AvgIpc) is 2.36. The van der Waals surface area contributed by atoms with Crippen LogP contribution in [-0.4, -0.2) is 27.5 Å². The Kier molecular flexibility index (Phi) is 4.92. The summed E-state index contributed by atoms with van der Waals surface area (Å²) in [6.45, 7) is 5.39. The van der Waals surface area contributed by atoms with E-state index in [1.54, 1.807) is 0 Å². The molecule has 1 aliphatic heterocycles. The predicted molar refractivity (Wildman–Crippen MR) is 81.4 cm³/mol. The molecule has 21 heavy (non-hydrogen) atoms. The van der Waals surface area contributed by atoms with Crippen molar-refractivity contribution in [3.05, 3.63) is 29.0 Å². The van der Waals surface area contributed by atoms with Crippen molar-refractivity contribution in [3.8, 4) is 0 Å². The van der Waals surface area contributed by atoms with Gasteiger partial charge in [0.05, 0.1) is 5.02 Å². The Labute approximate surface area is 130 Å². The van der Waals surface area contributed by atoms with E-state index in [1.165, 1.54) is 6.07 Å². The van der Waals surface area contributed by atoms with Crippen molar-refractivity contribution >= 4 is 21.6 Å². The van der Waals surface area contributed by atoms with Crippen LogP contribution in [0.5, 0.6) is 0 Å². The summed E-state index contributed by atoms with van der Waals surface area (Å²) in [6.07, 6.45) is 2.13. The molecule has 2 rings (SSSR count). The van der Waals surface area contributed by atoms with E-state index >= 15 is 0 Å². The molecular weight excluding hydrogens is 315 g/mol. The smallest absolute Gasteiger partial charge is 0.242 e. The molecule has 0 radical (unpaired) electrons. The van der Waals surface area contributed by atoms with Crippen LogP contribution in [-0.2, 0) is 10.0 Å². The van der Waals surface area contributed by atoms with Gasteiger partial charge in [-0.15, -0.1) is 0 Å². The Balaban J connectivity index is 2.11. The van der Waals surface area contributed by atoms with Gasteiger partial charge in [-0.3, -0.25) is 0 Å². The maximum atomic E-state index is 13.0. The van der Waals surface area contributed by atoms with Crippen molar-refractivity contribution in [2.24, 2.45) is 5.41 Å². The first-order valence-electron chi connectivity index (χ1n) is 6.90. The molecule has 0 spiro atoms. The largest absolute Gasteiger partial charge is 0.312 e. The van der Waals surface area contributed by atoms with Crippen molar-refractivity contribution in [3.63, 3.8) is 0 Å². The molecule has 0 aromatic heterocycles. The molecule has 4 nitrogen and oxygen atoms in total. The third-order valence-electron chi connectivity index (χ3n) is 3.99. The third-order valence-corrected chi connectivity index (χ3v) is 5.90. The molecule has 1 aromatic rings. The second-order valence-corrected chi connectivity index (χ2v) is 8.17. The van der Waals surface area contributed by atoms with E-state index in [0.29, 0.717) is 0 Å². The van der Waals surface area contributed by atoms with Gasteiger partial charge in [-0.1, -0.05) is 25.4 Å². The summed E-state index contributed by atoms with van der Waals surface area (Å²) in [5.41, 5.74) is 0.0212. The van der Waals surface area contributed by atoms with E-state index in [2.05, 4.69) is 23.9 Å². The molecular formula is C14H20ClFN2O2S. The molecule has 1 saturated heterocycles. The van der Waals surface area contributed by atoms with Gasteiger partial charge in [0.15, 0.2) is 0 Å². The molecule has 2 N–H and O–H groups in total. The van der Waals surface area contributed by atoms with Gasteiger partial charge < -0.3 is 5.32 Å². The highest BCUT2D eigenvalue weighted by Crippen LogP contribution is 2.30. The van der Waals surface area contributed by atoms with Crippen LogP contribution < -0.4 is 10.0 Å². The molecule has 0 aliphatic carbocycles. The summed E-state index contributed by atoms with van der Waals surface area (Å²) < 4.78 is 40.1. The quantitative estimate of drug-likeness (QED) is 0.889. The van der Waals surface area contributed by atoms with Crippen LogP contribution in [0.4, 0.5) is 4.39 Å². The number of benzene rings is 1. The number of piperidine rings is 1. The maximum Gasteiger partial charge on any atom is 0.242 e. The molecule has 1 fully saturated rings. The number of rotatable bonds is 4. The van der Waals surface area contributed by atoms with E-state index in [4.69, 9.17) is 11.6 Å². The molecule has 0 amide bonds. The van der Waals surface area contributed by atoms with Crippen molar-refractivity contribution in [1.29, 1.82) is 0 Å². The van der Waals surface area contributed by atoms with Crippen LogP contribution in [0.25, 0.3) is 0 Å².